The number of hydrogen-bond acceptors (Lipinski definition) is 11. The maximum atomic E-state index is 13.5. The van der Waals surface area contributed by atoms with Gasteiger partial charge in [0.2, 0.25) is 21.9 Å². The molecule has 1 aliphatic rings. The Kier molecular flexibility index (Phi) is 8.54. The fraction of sp³-hybridized carbons (Fsp3) is 0.500. The van der Waals surface area contributed by atoms with E-state index in [1.165, 1.54) is 33.5 Å². The van der Waals surface area contributed by atoms with Gasteiger partial charge in [0.1, 0.15) is 23.2 Å². The number of methoxy groups -OCH3 is 2. The Morgan fingerprint density at radius 1 is 1.16 bits per heavy atom. The lowest BCUT2D eigenvalue weighted by Gasteiger charge is -2.30. The molecule has 0 aliphatic carbocycles. The number of aromatic nitrogens is 6. The molecule has 3 aromatic heterocycles. The largest absolute Gasteiger partial charge is 0.481 e. The number of halogens is 1. The number of nitrogens with zero attached hydrogens (tertiary/aromatic N) is 6. The van der Waals surface area contributed by atoms with Gasteiger partial charge in [0, 0.05) is 25.6 Å². The van der Waals surface area contributed by atoms with E-state index in [9.17, 15) is 8.42 Å². The molecule has 4 heterocycles. The number of anilines is 1. The summed E-state index contributed by atoms with van der Waals surface area (Å²) in [5, 5.41) is 7.63. The van der Waals surface area contributed by atoms with Crippen molar-refractivity contribution in [1.29, 1.82) is 0 Å². The van der Waals surface area contributed by atoms with E-state index >= 15 is 0 Å². The molecule has 1 N–H and O–H groups in total. The van der Waals surface area contributed by atoms with Crippen molar-refractivity contribution in [2.75, 3.05) is 38.8 Å². The van der Waals surface area contributed by atoms with Gasteiger partial charge in [-0.2, -0.15) is 0 Å². The van der Waals surface area contributed by atoms with Gasteiger partial charge in [0.05, 0.1) is 38.0 Å². The predicted octanol–water partition coefficient (Wildman–Crippen LogP) is 2.29. The lowest BCUT2D eigenvalue weighted by Crippen LogP contribution is -2.37. The average Bonchev–Trinajstić information content (AvgIpc) is 3.32. The van der Waals surface area contributed by atoms with Crippen molar-refractivity contribution in [2.45, 2.75) is 37.3 Å². The molecular weight excluding hydrogens is 526 g/mol. The van der Waals surface area contributed by atoms with Gasteiger partial charge in [0.15, 0.2) is 11.6 Å². The molecule has 0 amide bonds. The number of nitrogens with one attached hydrogen (secondary N) is 1. The van der Waals surface area contributed by atoms with Crippen LogP contribution in [0.15, 0.2) is 30.6 Å². The lowest BCUT2D eigenvalue weighted by atomic mass is 10.1. The minimum atomic E-state index is -4.08. The fourth-order valence-corrected chi connectivity index (χ4v) is 5.12. The van der Waals surface area contributed by atoms with Crippen LogP contribution in [0.4, 0.5) is 5.95 Å². The van der Waals surface area contributed by atoms with E-state index < -0.39 is 27.4 Å². The van der Waals surface area contributed by atoms with E-state index in [4.69, 9.17) is 30.5 Å². The molecule has 0 saturated carbocycles. The van der Waals surface area contributed by atoms with Crippen LogP contribution in [0.1, 0.15) is 31.8 Å². The normalized spacial score (nSPS) is 18.7. The van der Waals surface area contributed by atoms with E-state index in [0.717, 1.165) is 0 Å². The molecule has 200 valence electrons. The molecule has 0 spiro atoms. The first-order valence-electron chi connectivity index (χ1n) is 11.4. The number of hydrogen-bond donors (Lipinski definition) is 1. The third kappa shape index (κ3) is 5.99. The van der Waals surface area contributed by atoms with Crippen LogP contribution in [-0.4, -0.2) is 83.5 Å². The van der Waals surface area contributed by atoms with E-state index in [2.05, 4.69) is 29.9 Å². The molecule has 1 saturated heterocycles. The molecule has 0 radical (unpaired) electrons. The third-order valence-electron chi connectivity index (χ3n) is 5.94. The summed E-state index contributed by atoms with van der Waals surface area (Å²) in [5.74, 6) is 0.863. The Morgan fingerprint density at radius 2 is 1.92 bits per heavy atom. The zero-order valence-corrected chi connectivity index (χ0v) is 22.3. The molecule has 0 bridgehead atoms. The Morgan fingerprint density at radius 3 is 2.57 bits per heavy atom. The van der Waals surface area contributed by atoms with Crippen LogP contribution in [-0.2, 0) is 24.2 Å². The third-order valence-corrected chi connectivity index (χ3v) is 7.83. The molecular formula is C22H28ClN7O6S. The summed E-state index contributed by atoms with van der Waals surface area (Å²) >= 11 is 5.87. The smallest absolute Gasteiger partial charge is 0.240 e. The minimum absolute atomic E-state index is 0.0139. The SMILES string of the molecule is COc1cccc(-c2nnc(NS(=O)(=O)C(C)C(OC)c3ncc(Cl)cn3)n2[C@@H](C)[C@H]2COCCO2)n1. The molecule has 13 nitrogen and oxygen atoms in total. The first-order chi connectivity index (χ1) is 17.7. The van der Waals surface area contributed by atoms with Crippen LogP contribution < -0.4 is 9.46 Å². The molecule has 15 heteroatoms. The van der Waals surface area contributed by atoms with Crippen molar-refractivity contribution in [3.05, 3.63) is 41.4 Å². The van der Waals surface area contributed by atoms with E-state index in [0.29, 0.717) is 42.2 Å². The van der Waals surface area contributed by atoms with Gasteiger partial charge < -0.3 is 18.9 Å². The van der Waals surface area contributed by atoms with Crippen LogP contribution in [0.2, 0.25) is 5.02 Å². The van der Waals surface area contributed by atoms with E-state index in [-0.39, 0.29) is 17.9 Å². The first kappa shape index (κ1) is 27.1. The fourth-order valence-electron chi connectivity index (χ4n) is 3.88. The van der Waals surface area contributed by atoms with Gasteiger partial charge in [0.25, 0.3) is 0 Å². The molecule has 37 heavy (non-hydrogen) atoms. The number of ether oxygens (including phenoxy) is 4. The molecule has 0 aromatic carbocycles. The highest BCUT2D eigenvalue weighted by Crippen LogP contribution is 2.31. The van der Waals surface area contributed by atoms with Crippen molar-refractivity contribution in [2.24, 2.45) is 0 Å². The lowest BCUT2D eigenvalue weighted by molar-refractivity contribution is -0.104. The van der Waals surface area contributed by atoms with E-state index in [1.54, 1.807) is 22.8 Å². The second-order valence-electron chi connectivity index (χ2n) is 8.28. The van der Waals surface area contributed by atoms with Crippen molar-refractivity contribution >= 4 is 27.6 Å². The average molecular weight is 554 g/mol. The standard InChI is InChI=1S/C22H28ClN7O6S/c1-13(17-12-35-8-9-36-17)30-21(16-6-5-7-18(26-16)33-3)27-28-22(30)29-37(31,32)14(2)19(34-4)20-24-10-15(23)11-25-20/h5-7,10-11,13-14,17,19H,8-9,12H2,1-4H3,(H,28,29)/t13-,14?,17+,19?/m0/s1. The molecule has 4 atom stereocenters. The Hall–Kier alpha value is -2.91. The summed E-state index contributed by atoms with van der Waals surface area (Å²) in [7, 11) is -1.19. The Labute approximate surface area is 219 Å². The maximum Gasteiger partial charge on any atom is 0.240 e. The van der Waals surface area contributed by atoms with Gasteiger partial charge in [-0.25, -0.2) is 23.4 Å². The zero-order valence-electron chi connectivity index (χ0n) is 20.7. The van der Waals surface area contributed by atoms with Crippen LogP contribution in [0.25, 0.3) is 11.5 Å². The summed E-state index contributed by atoms with van der Waals surface area (Å²) < 4.78 is 53.3. The maximum absolute atomic E-state index is 13.5. The Bertz CT molecular complexity index is 1300. The number of sulfonamides is 1. The van der Waals surface area contributed by atoms with Gasteiger partial charge in [-0.05, 0) is 19.9 Å². The minimum Gasteiger partial charge on any atom is -0.481 e. The topological polar surface area (TPSA) is 152 Å². The monoisotopic (exact) mass is 553 g/mol. The highest BCUT2D eigenvalue weighted by atomic mass is 35.5. The highest BCUT2D eigenvalue weighted by molar-refractivity contribution is 7.93. The van der Waals surface area contributed by atoms with Gasteiger partial charge in [-0.15, -0.1) is 10.2 Å². The summed E-state index contributed by atoms with van der Waals surface area (Å²) in [4.78, 5) is 12.7. The number of rotatable bonds is 10. The molecule has 1 fully saturated rings. The predicted molar refractivity (Wildman–Crippen MR) is 134 cm³/mol. The van der Waals surface area contributed by atoms with Crippen molar-refractivity contribution < 1.29 is 27.4 Å². The second kappa shape index (κ2) is 11.6. The van der Waals surface area contributed by atoms with Crippen LogP contribution >= 0.6 is 11.6 Å². The van der Waals surface area contributed by atoms with Gasteiger partial charge >= 0.3 is 0 Å². The summed E-state index contributed by atoms with van der Waals surface area (Å²) in [5.41, 5.74) is 0.443. The van der Waals surface area contributed by atoms with Crippen LogP contribution in [0.3, 0.4) is 0 Å². The second-order valence-corrected chi connectivity index (χ2v) is 10.7. The zero-order chi connectivity index (χ0) is 26.6. The van der Waals surface area contributed by atoms with Crippen LogP contribution in [0, 0.1) is 0 Å². The van der Waals surface area contributed by atoms with Crippen molar-refractivity contribution in [1.82, 2.24) is 29.7 Å². The van der Waals surface area contributed by atoms with Gasteiger partial charge in [-0.3, -0.25) is 9.29 Å². The summed E-state index contributed by atoms with van der Waals surface area (Å²) in [6, 6.07) is 4.77. The van der Waals surface area contributed by atoms with Crippen molar-refractivity contribution in [3.8, 4) is 17.4 Å². The summed E-state index contributed by atoms with van der Waals surface area (Å²) in [6.07, 6.45) is 1.41. The quantitative estimate of drug-likeness (QED) is 0.393. The highest BCUT2D eigenvalue weighted by Gasteiger charge is 2.36. The van der Waals surface area contributed by atoms with Crippen LogP contribution in [0.5, 0.6) is 5.88 Å². The summed E-state index contributed by atoms with van der Waals surface area (Å²) in [6.45, 7) is 4.58. The molecule has 1 aliphatic heterocycles. The first-order valence-corrected chi connectivity index (χ1v) is 13.3. The molecule has 2 unspecified atom stereocenters. The van der Waals surface area contributed by atoms with Crippen molar-refractivity contribution in [3.63, 3.8) is 0 Å². The Balaban J connectivity index is 1.70. The van der Waals surface area contributed by atoms with E-state index in [1.807, 2.05) is 6.92 Å². The van der Waals surface area contributed by atoms with Gasteiger partial charge in [-0.1, -0.05) is 17.7 Å². The number of pyridine rings is 1. The molecule has 3 aromatic rings. The molecule has 4 rings (SSSR count).